The summed E-state index contributed by atoms with van der Waals surface area (Å²) < 4.78 is 10.4. The summed E-state index contributed by atoms with van der Waals surface area (Å²) >= 11 is 0. The van der Waals surface area contributed by atoms with E-state index < -0.39 is 35.7 Å². The van der Waals surface area contributed by atoms with E-state index in [1.807, 2.05) is 0 Å². The number of ether oxygens (including phenoxy) is 2. The predicted octanol–water partition coefficient (Wildman–Crippen LogP) is 3.08. The average molecular weight is 439 g/mol. The Morgan fingerprint density at radius 1 is 1.16 bits per heavy atom. The summed E-state index contributed by atoms with van der Waals surface area (Å²) in [6.07, 6.45) is 2.17. The number of ketones is 1. The highest BCUT2D eigenvalue weighted by Crippen LogP contribution is 2.37. The molecule has 2 amide bonds. The van der Waals surface area contributed by atoms with Crippen LogP contribution in [-0.2, 0) is 23.9 Å². The molecule has 0 aromatic heterocycles. The van der Waals surface area contributed by atoms with E-state index in [0.717, 1.165) is 6.42 Å². The minimum atomic E-state index is -0.918. The van der Waals surface area contributed by atoms with Gasteiger partial charge < -0.3 is 14.8 Å². The Hall–Kier alpha value is -2.12. The van der Waals surface area contributed by atoms with Gasteiger partial charge in [0.1, 0.15) is 23.5 Å². The Balaban J connectivity index is 2.19. The molecule has 4 atom stereocenters. The van der Waals surface area contributed by atoms with E-state index in [1.54, 1.807) is 20.8 Å². The second-order valence-electron chi connectivity index (χ2n) is 10.8. The second kappa shape index (κ2) is 9.57. The van der Waals surface area contributed by atoms with E-state index in [9.17, 15) is 19.2 Å². The van der Waals surface area contributed by atoms with E-state index in [1.165, 1.54) is 12.0 Å². The molecule has 1 saturated carbocycles. The largest absolute Gasteiger partial charge is 0.467 e. The van der Waals surface area contributed by atoms with Gasteiger partial charge in [0.2, 0.25) is 5.91 Å². The number of esters is 1. The molecule has 8 nitrogen and oxygen atoms in total. The Labute approximate surface area is 185 Å². The average Bonchev–Trinajstić information content (AvgIpc) is 3.25. The summed E-state index contributed by atoms with van der Waals surface area (Å²) in [6, 6.07) is -1.66. The third-order valence-electron chi connectivity index (χ3n) is 6.21. The van der Waals surface area contributed by atoms with Crippen molar-refractivity contribution in [3.8, 4) is 0 Å². The summed E-state index contributed by atoms with van der Waals surface area (Å²) in [5.41, 5.74) is -0.789. The molecule has 1 aliphatic heterocycles. The molecular formula is C23H38N2O6. The normalized spacial score (nSPS) is 25.3. The maximum absolute atomic E-state index is 13.2. The summed E-state index contributed by atoms with van der Waals surface area (Å²) in [5.74, 6) is -1.03. The Morgan fingerprint density at radius 2 is 1.81 bits per heavy atom. The molecule has 176 valence electrons. The van der Waals surface area contributed by atoms with Crippen molar-refractivity contribution in [2.75, 3.05) is 13.7 Å². The third kappa shape index (κ3) is 6.68. The molecule has 0 aromatic carbocycles. The molecule has 0 aromatic rings. The van der Waals surface area contributed by atoms with Crippen molar-refractivity contribution in [3.63, 3.8) is 0 Å². The first-order valence-electron chi connectivity index (χ1n) is 11.1. The first kappa shape index (κ1) is 25.1. The van der Waals surface area contributed by atoms with Crippen LogP contribution in [0.15, 0.2) is 0 Å². The number of rotatable bonds is 5. The number of carbonyl (C=O) groups excluding carboxylic acids is 4. The smallest absolute Gasteiger partial charge is 0.410 e. The highest BCUT2D eigenvalue weighted by molar-refractivity contribution is 5.91. The van der Waals surface area contributed by atoms with Crippen molar-refractivity contribution in [2.45, 2.75) is 91.3 Å². The number of nitrogens with zero attached hydrogens (tertiary/aromatic N) is 1. The van der Waals surface area contributed by atoms with Gasteiger partial charge in [0.15, 0.2) is 0 Å². The standard InChI is InChI=1S/C23H38N2O6/c1-22(2,3)15-12-17(25(13-15)21(29)31-23(4,5)6)19(27)24-16(20(28)30-7)11-14-9-8-10-18(14)26/h14-17H,8-13H2,1-7H3,(H,24,27)/t14-,15+,16-,17-/m0/s1. The molecular weight excluding hydrogens is 400 g/mol. The van der Waals surface area contributed by atoms with Crippen molar-refractivity contribution in [3.05, 3.63) is 0 Å². The Kier molecular flexibility index (Phi) is 7.76. The molecule has 0 bridgehead atoms. The minimum Gasteiger partial charge on any atom is -0.467 e. The molecule has 0 unspecified atom stereocenters. The molecule has 31 heavy (non-hydrogen) atoms. The first-order valence-corrected chi connectivity index (χ1v) is 11.1. The van der Waals surface area contributed by atoms with Crippen LogP contribution in [0.4, 0.5) is 4.79 Å². The number of hydrogen-bond donors (Lipinski definition) is 1. The fourth-order valence-electron chi connectivity index (χ4n) is 4.28. The van der Waals surface area contributed by atoms with Crippen LogP contribution in [0.3, 0.4) is 0 Å². The van der Waals surface area contributed by atoms with Gasteiger partial charge in [0.05, 0.1) is 7.11 Å². The molecule has 0 spiro atoms. The fraction of sp³-hybridized carbons (Fsp3) is 0.826. The van der Waals surface area contributed by atoms with Gasteiger partial charge in [0, 0.05) is 18.9 Å². The summed E-state index contributed by atoms with van der Waals surface area (Å²) in [5, 5.41) is 2.76. The number of Topliss-reactive ketones (excluding diaryl/α,β-unsaturated/α-hetero) is 1. The van der Waals surface area contributed by atoms with Crippen molar-refractivity contribution >= 4 is 23.8 Å². The molecule has 2 aliphatic rings. The molecule has 0 radical (unpaired) electrons. The van der Waals surface area contributed by atoms with E-state index >= 15 is 0 Å². The highest BCUT2D eigenvalue weighted by Gasteiger charge is 2.46. The van der Waals surface area contributed by atoms with Gasteiger partial charge in [-0.1, -0.05) is 20.8 Å². The van der Waals surface area contributed by atoms with Crippen LogP contribution >= 0.6 is 0 Å². The Bertz CT molecular complexity index is 706. The number of carbonyl (C=O) groups is 4. The van der Waals surface area contributed by atoms with Gasteiger partial charge in [0.25, 0.3) is 0 Å². The van der Waals surface area contributed by atoms with Gasteiger partial charge >= 0.3 is 12.1 Å². The van der Waals surface area contributed by atoms with Gasteiger partial charge in [-0.05, 0) is 57.8 Å². The molecule has 2 rings (SSSR count). The lowest BCUT2D eigenvalue weighted by Gasteiger charge is -2.29. The lowest BCUT2D eigenvalue weighted by atomic mass is 9.79. The number of methoxy groups -OCH3 is 1. The zero-order chi connectivity index (χ0) is 23.6. The van der Waals surface area contributed by atoms with Gasteiger partial charge in [-0.3, -0.25) is 14.5 Å². The van der Waals surface area contributed by atoms with Gasteiger partial charge in [-0.25, -0.2) is 9.59 Å². The SMILES string of the molecule is COC(=O)[C@H](C[C@@H]1CCCC1=O)NC(=O)[C@@H]1C[C@@H](C(C)(C)C)CN1C(=O)OC(C)(C)C. The topological polar surface area (TPSA) is 102 Å². The van der Waals surface area contributed by atoms with Crippen LogP contribution in [-0.4, -0.2) is 60.0 Å². The summed E-state index contributed by atoms with van der Waals surface area (Å²) in [7, 11) is 1.26. The van der Waals surface area contributed by atoms with Crippen molar-refractivity contribution < 1.29 is 28.7 Å². The van der Waals surface area contributed by atoms with Crippen LogP contribution in [0.5, 0.6) is 0 Å². The third-order valence-corrected chi connectivity index (χ3v) is 6.21. The lowest BCUT2D eigenvalue weighted by Crippen LogP contribution is -2.52. The Morgan fingerprint density at radius 3 is 2.29 bits per heavy atom. The summed E-state index contributed by atoms with van der Waals surface area (Å²) in [4.78, 5) is 51.9. The summed E-state index contributed by atoms with van der Waals surface area (Å²) in [6.45, 7) is 12.0. The molecule has 1 saturated heterocycles. The molecule has 1 aliphatic carbocycles. The monoisotopic (exact) mass is 438 g/mol. The zero-order valence-electron chi connectivity index (χ0n) is 19.9. The van der Waals surface area contributed by atoms with Gasteiger partial charge in [-0.2, -0.15) is 0 Å². The quantitative estimate of drug-likeness (QED) is 0.662. The second-order valence-corrected chi connectivity index (χ2v) is 10.8. The molecule has 1 heterocycles. The van der Waals surface area contributed by atoms with E-state index in [2.05, 4.69) is 26.1 Å². The van der Waals surface area contributed by atoms with Crippen LogP contribution in [0.2, 0.25) is 0 Å². The first-order chi connectivity index (χ1) is 14.2. The predicted molar refractivity (Wildman–Crippen MR) is 115 cm³/mol. The molecule has 1 N–H and O–H groups in total. The van der Waals surface area contributed by atoms with E-state index in [-0.39, 0.29) is 29.5 Å². The van der Waals surface area contributed by atoms with Crippen LogP contribution in [0.25, 0.3) is 0 Å². The van der Waals surface area contributed by atoms with E-state index in [4.69, 9.17) is 9.47 Å². The zero-order valence-corrected chi connectivity index (χ0v) is 19.9. The van der Waals surface area contributed by atoms with Crippen LogP contribution in [0.1, 0.15) is 73.6 Å². The lowest BCUT2D eigenvalue weighted by molar-refractivity contribution is -0.146. The highest BCUT2D eigenvalue weighted by atomic mass is 16.6. The fourth-order valence-corrected chi connectivity index (χ4v) is 4.28. The molecule has 8 heteroatoms. The van der Waals surface area contributed by atoms with E-state index in [0.29, 0.717) is 25.8 Å². The molecule has 2 fully saturated rings. The number of amides is 2. The number of nitrogens with one attached hydrogen (secondary N) is 1. The number of likely N-dealkylation sites (tertiary alicyclic amines) is 1. The minimum absolute atomic E-state index is 0.101. The van der Waals surface area contributed by atoms with Crippen molar-refractivity contribution in [1.29, 1.82) is 0 Å². The van der Waals surface area contributed by atoms with Crippen LogP contribution in [0, 0.1) is 17.3 Å². The van der Waals surface area contributed by atoms with Crippen LogP contribution < -0.4 is 5.32 Å². The maximum Gasteiger partial charge on any atom is 0.410 e. The van der Waals surface area contributed by atoms with Gasteiger partial charge in [-0.15, -0.1) is 0 Å². The maximum atomic E-state index is 13.2. The number of hydrogen-bond acceptors (Lipinski definition) is 6. The van der Waals surface area contributed by atoms with Crippen molar-refractivity contribution in [1.82, 2.24) is 10.2 Å². The van der Waals surface area contributed by atoms with Crippen molar-refractivity contribution in [2.24, 2.45) is 17.3 Å².